The van der Waals surface area contributed by atoms with E-state index in [1.54, 1.807) is 37.1 Å². The summed E-state index contributed by atoms with van der Waals surface area (Å²) in [5, 5.41) is 7.89. The molecule has 8 nitrogen and oxygen atoms in total. The second-order valence-electron chi connectivity index (χ2n) is 7.12. The first-order valence-electron chi connectivity index (χ1n) is 9.93. The average Bonchev–Trinajstić information content (AvgIpc) is 2.79. The lowest BCUT2D eigenvalue weighted by Gasteiger charge is -2.36. The molecule has 2 aromatic carbocycles. The molecule has 0 saturated carbocycles. The van der Waals surface area contributed by atoms with Gasteiger partial charge in [0.05, 0.1) is 6.54 Å². The lowest BCUT2D eigenvalue weighted by atomic mass is 10.1. The van der Waals surface area contributed by atoms with Gasteiger partial charge in [0, 0.05) is 50.2 Å². The van der Waals surface area contributed by atoms with E-state index in [1.165, 1.54) is 0 Å². The monoisotopic (exact) mass is 409 g/mol. The summed E-state index contributed by atoms with van der Waals surface area (Å²) in [7, 11) is 1.57. The summed E-state index contributed by atoms with van der Waals surface area (Å²) in [6.45, 7) is 4.51. The van der Waals surface area contributed by atoms with Gasteiger partial charge < -0.3 is 25.8 Å². The molecular formula is C22H27N5O3. The van der Waals surface area contributed by atoms with Crippen LogP contribution in [-0.4, -0.2) is 62.5 Å². The number of amides is 4. The quantitative estimate of drug-likeness (QED) is 0.702. The van der Waals surface area contributed by atoms with Crippen molar-refractivity contribution < 1.29 is 14.4 Å². The largest absolute Gasteiger partial charge is 0.368 e. The summed E-state index contributed by atoms with van der Waals surface area (Å²) in [6, 6.07) is 14.7. The van der Waals surface area contributed by atoms with Gasteiger partial charge in [-0.05, 0) is 42.8 Å². The van der Waals surface area contributed by atoms with Crippen LogP contribution >= 0.6 is 0 Å². The predicted octanol–water partition coefficient (Wildman–Crippen LogP) is 1.82. The third-order valence-corrected chi connectivity index (χ3v) is 5.12. The number of carbonyl (C=O) groups is 3. The van der Waals surface area contributed by atoms with Crippen molar-refractivity contribution in [1.82, 2.24) is 15.5 Å². The molecule has 30 heavy (non-hydrogen) atoms. The van der Waals surface area contributed by atoms with Gasteiger partial charge in [0.15, 0.2) is 0 Å². The van der Waals surface area contributed by atoms with Crippen molar-refractivity contribution in [3.05, 3.63) is 59.7 Å². The highest BCUT2D eigenvalue weighted by Gasteiger charge is 2.21. The fourth-order valence-corrected chi connectivity index (χ4v) is 3.38. The van der Waals surface area contributed by atoms with Gasteiger partial charge >= 0.3 is 6.03 Å². The minimum atomic E-state index is -0.456. The molecule has 0 radical (unpaired) electrons. The van der Waals surface area contributed by atoms with Crippen LogP contribution in [0.25, 0.3) is 0 Å². The van der Waals surface area contributed by atoms with Crippen LogP contribution in [0.1, 0.15) is 15.9 Å². The summed E-state index contributed by atoms with van der Waals surface area (Å²) in [6.07, 6.45) is 0. The zero-order valence-corrected chi connectivity index (χ0v) is 17.3. The van der Waals surface area contributed by atoms with E-state index < -0.39 is 6.03 Å². The molecule has 1 heterocycles. The summed E-state index contributed by atoms with van der Waals surface area (Å²) < 4.78 is 0. The van der Waals surface area contributed by atoms with Crippen LogP contribution in [-0.2, 0) is 4.79 Å². The number of piperazine rings is 1. The van der Waals surface area contributed by atoms with Crippen molar-refractivity contribution in [2.45, 2.75) is 6.92 Å². The van der Waals surface area contributed by atoms with Crippen LogP contribution in [0.2, 0.25) is 0 Å². The number of nitrogens with one attached hydrogen (secondary N) is 3. The van der Waals surface area contributed by atoms with E-state index in [2.05, 4.69) is 33.0 Å². The molecule has 8 heteroatoms. The molecule has 0 aliphatic carbocycles. The normalized spacial score (nSPS) is 13.5. The third kappa shape index (κ3) is 5.28. The van der Waals surface area contributed by atoms with Gasteiger partial charge in [0.2, 0.25) is 5.91 Å². The van der Waals surface area contributed by atoms with Crippen LogP contribution in [0.15, 0.2) is 48.5 Å². The molecule has 0 spiro atoms. The Morgan fingerprint density at radius 1 is 0.967 bits per heavy atom. The van der Waals surface area contributed by atoms with Gasteiger partial charge in [-0.3, -0.25) is 9.59 Å². The average molecular weight is 409 g/mol. The van der Waals surface area contributed by atoms with E-state index in [0.29, 0.717) is 24.3 Å². The molecule has 3 rings (SSSR count). The Kier molecular flexibility index (Phi) is 6.90. The van der Waals surface area contributed by atoms with E-state index in [9.17, 15) is 14.4 Å². The van der Waals surface area contributed by atoms with E-state index in [0.717, 1.165) is 24.3 Å². The number of urea groups is 1. The minimum Gasteiger partial charge on any atom is -0.368 e. The van der Waals surface area contributed by atoms with Gasteiger partial charge in [-0.1, -0.05) is 18.2 Å². The zero-order valence-electron chi connectivity index (χ0n) is 17.3. The maximum atomic E-state index is 12.4. The molecule has 0 atom stereocenters. The lowest BCUT2D eigenvalue weighted by molar-refractivity contribution is -0.130. The van der Waals surface area contributed by atoms with Gasteiger partial charge in [-0.15, -0.1) is 0 Å². The molecular weight excluding hydrogens is 382 g/mol. The number of para-hydroxylation sites is 1. The van der Waals surface area contributed by atoms with Crippen LogP contribution in [0, 0.1) is 6.92 Å². The van der Waals surface area contributed by atoms with Gasteiger partial charge in [0.1, 0.15) is 0 Å². The Hall–Kier alpha value is -3.55. The maximum absolute atomic E-state index is 12.4. The van der Waals surface area contributed by atoms with Gasteiger partial charge in [-0.25, -0.2) is 4.79 Å². The number of anilines is 2. The molecule has 0 unspecified atom stereocenters. The lowest BCUT2D eigenvalue weighted by Crippen LogP contribution is -2.51. The Morgan fingerprint density at radius 2 is 1.67 bits per heavy atom. The number of rotatable bonds is 5. The first kappa shape index (κ1) is 21.2. The highest BCUT2D eigenvalue weighted by molar-refractivity contribution is 5.96. The van der Waals surface area contributed by atoms with E-state index in [-0.39, 0.29) is 18.4 Å². The van der Waals surface area contributed by atoms with Crippen molar-refractivity contribution >= 4 is 29.2 Å². The first-order chi connectivity index (χ1) is 14.5. The second-order valence-corrected chi connectivity index (χ2v) is 7.12. The number of hydrogen-bond donors (Lipinski definition) is 3. The molecule has 1 aliphatic rings. The Bertz CT molecular complexity index is 908. The molecule has 3 N–H and O–H groups in total. The molecule has 1 aliphatic heterocycles. The van der Waals surface area contributed by atoms with Crippen LogP contribution in [0.3, 0.4) is 0 Å². The molecule has 0 aromatic heterocycles. The summed E-state index contributed by atoms with van der Waals surface area (Å²) in [5.41, 5.74) is 3.02. The fraction of sp³-hybridized carbons (Fsp3) is 0.318. The standard InChI is InChI=1S/C22H27N5O3/c1-16-14-17(21(29)23-2)8-9-19(16)25-22(30)24-15-20(28)27-12-10-26(11-13-27)18-6-4-3-5-7-18/h3-9,14H,10-13,15H2,1-2H3,(H,23,29)(H2,24,25,30). The van der Waals surface area contributed by atoms with E-state index >= 15 is 0 Å². The van der Waals surface area contributed by atoms with E-state index in [1.807, 2.05) is 18.2 Å². The Balaban J connectivity index is 1.45. The topological polar surface area (TPSA) is 93.8 Å². The molecule has 4 amide bonds. The zero-order chi connectivity index (χ0) is 21.5. The molecule has 1 saturated heterocycles. The van der Waals surface area contributed by atoms with Crippen molar-refractivity contribution in [2.75, 3.05) is 50.0 Å². The third-order valence-electron chi connectivity index (χ3n) is 5.12. The number of aryl methyl sites for hydroxylation is 1. The molecule has 158 valence electrons. The summed E-state index contributed by atoms with van der Waals surface area (Å²) >= 11 is 0. The number of hydrogen-bond acceptors (Lipinski definition) is 4. The molecule has 2 aromatic rings. The van der Waals surface area contributed by atoms with Gasteiger partial charge in [-0.2, -0.15) is 0 Å². The number of carbonyl (C=O) groups excluding carboxylic acids is 3. The van der Waals surface area contributed by atoms with Gasteiger partial charge in [0.25, 0.3) is 5.91 Å². The summed E-state index contributed by atoms with van der Waals surface area (Å²) in [5.74, 6) is -0.295. The first-order valence-corrected chi connectivity index (χ1v) is 9.93. The molecule has 1 fully saturated rings. The Labute approximate surface area is 176 Å². The van der Waals surface area contributed by atoms with Crippen molar-refractivity contribution in [2.24, 2.45) is 0 Å². The number of benzene rings is 2. The number of nitrogens with zero attached hydrogens (tertiary/aromatic N) is 2. The highest BCUT2D eigenvalue weighted by atomic mass is 16.2. The van der Waals surface area contributed by atoms with Crippen LogP contribution in [0.4, 0.5) is 16.2 Å². The smallest absolute Gasteiger partial charge is 0.319 e. The Morgan fingerprint density at radius 3 is 2.30 bits per heavy atom. The van der Waals surface area contributed by atoms with Crippen molar-refractivity contribution in [3.8, 4) is 0 Å². The maximum Gasteiger partial charge on any atom is 0.319 e. The van der Waals surface area contributed by atoms with Crippen LogP contribution < -0.4 is 20.9 Å². The predicted molar refractivity (Wildman–Crippen MR) is 117 cm³/mol. The molecule has 0 bridgehead atoms. The fourth-order valence-electron chi connectivity index (χ4n) is 3.38. The SMILES string of the molecule is CNC(=O)c1ccc(NC(=O)NCC(=O)N2CCN(c3ccccc3)CC2)c(C)c1. The highest BCUT2D eigenvalue weighted by Crippen LogP contribution is 2.17. The van der Waals surface area contributed by atoms with E-state index in [4.69, 9.17) is 0 Å². The minimum absolute atomic E-state index is 0.0630. The van der Waals surface area contributed by atoms with Crippen LogP contribution in [0.5, 0.6) is 0 Å². The van der Waals surface area contributed by atoms with Crippen molar-refractivity contribution in [3.63, 3.8) is 0 Å². The second kappa shape index (κ2) is 9.78. The van der Waals surface area contributed by atoms with Crippen molar-refractivity contribution in [1.29, 1.82) is 0 Å². The summed E-state index contributed by atoms with van der Waals surface area (Å²) in [4.78, 5) is 40.3.